The van der Waals surface area contributed by atoms with Crippen molar-refractivity contribution in [3.63, 3.8) is 0 Å². The molecule has 154 valence electrons. The van der Waals surface area contributed by atoms with Crippen molar-refractivity contribution in [2.45, 2.75) is 13.3 Å². The molecule has 0 saturated heterocycles. The Hall–Kier alpha value is -2.51. The fraction of sp³-hybridized carbons (Fsp3) is 0.238. The van der Waals surface area contributed by atoms with Crippen LogP contribution in [-0.2, 0) is 9.59 Å². The number of halogens is 2. The van der Waals surface area contributed by atoms with Crippen molar-refractivity contribution in [1.29, 1.82) is 0 Å². The zero-order valence-electron chi connectivity index (χ0n) is 16.1. The molecule has 8 heteroatoms. The summed E-state index contributed by atoms with van der Waals surface area (Å²) in [5, 5.41) is 5.84. The first-order valence-electron chi connectivity index (χ1n) is 8.94. The molecule has 0 saturated carbocycles. The number of methoxy groups -OCH3 is 1. The summed E-state index contributed by atoms with van der Waals surface area (Å²) in [6.45, 7) is 2.54. The van der Waals surface area contributed by atoms with Crippen molar-refractivity contribution >= 4 is 51.1 Å². The number of carbonyl (C=O) groups excluding carboxylic acids is 2. The SMILES string of the molecule is CCOc1c(Cl)cc(C=CC(=O)NCCC(=O)Nc2ccc(Br)cc2)cc1OC. The van der Waals surface area contributed by atoms with Crippen molar-refractivity contribution < 1.29 is 19.1 Å². The smallest absolute Gasteiger partial charge is 0.244 e. The Kier molecular flexibility index (Phi) is 9.02. The van der Waals surface area contributed by atoms with Gasteiger partial charge in [-0.3, -0.25) is 9.59 Å². The van der Waals surface area contributed by atoms with Crippen LogP contribution in [0.15, 0.2) is 46.9 Å². The highest BCUT2D eigenvalue weighted by Gasteiger charge is 2.11. The van der Waals surface area contributed by atoms with E-state index in [0.717, 1.165) is 4.47 Å². The van der Waals surface area contributed by atoms with Crippen LogP contribution in [-0.4, -0.2) is 32.1 Å². The fourth-order valence-electron chi connectivity index (χ4n) is 2.41. The summed E-state index contributed by atoms with van der Waals surface area (Å²) in [6.07, 6.45) is 3.15. The van der Waals surface area contributed by atoms with Crippen molar-refractivity contribution in [1.82, 2.24) is 5.32 Å². The first-order valence-corrected chi connectivity index (χ1v) is 10.1. The van der Waals surface area contributed by atoms with Gasteiger partial charge in [0.25, 0.3) is 0 Å². The van der Waals surface area contributed by atoms with Gasteiger partial charge < -0.3 is 20.1 Å². The topological polar surface area (TPSA) is 76.7 Å². The summed E-state index contributed by atoms with van der Waals surface area (Å²) < 4.78 is 11.7. The third kappa shape index (κ3) is 7.44. The van der Waals surface area contributed by atoms with Gasteiger partial charge in [0.15, 0.2) is 11.5 Å². The highest BCUT2D eigenvalue weighted by Crippen LogP contribution is 2.36. The maximum absolute atomic E-state index is 12.0. The lowest BCUT2D eigenvalue weighted by Gasteiger charge is -2.11. The van der Waals surface area contributed by atoms with Gasteiger partial charge in [-0.15, -0.1) is 0 Å². The minimum absolute atomic E-state index is 0.165. The number of amides is 2. The molecule has 0 bridgehead atoms. The van der Waals surface area contributed by atoms with Crippen LogP contribution in [0.1, 0.15) is 18.9 Å². The quantitative estimate of drug-likeness (QED) is 0.510. The molecule has 0 aliphatic heterocycles. The standard InChI is InChI=1S/C21H22BrClN2O4/c1-3-29-21-17(23)12-14(13-18(21)28-2)4-9-19(26)24-11-10-20(27)25-16-7-5-15(22)6-8-16/h4-9,12-13H,3,10-11H2,1-2H3,(H,24,26)(H,25,27). The number of nitrogens with one attached hydrogen (secondary N) is 2. The normalized spacial score (nSPS) is 10.6. The van der Waals surface area contributed by atoms with E-state index >= 15 is 0 Å². The van der Waals surface area contributed by atoms with Crippen LogP contribution >= 0.6 is 27.5 Å². The third-order valence-corrected chi connectivity index (χ3v) is 4.56. The van der Waals surface area contributed by atoms with Crippen molar-refractivity contribution in [2.24, 2.45) is 0 Å². The van der Waals surface area contributed by atoms with Gasteiger partial charge >= 0.3 is 0 Å². The summed E-state index contributed by atoms with van der Waals surface area (Å²) >= 11 is 9.55. The van der Waals surface area contributed by atoms with E-state index < -0.39 is 0 Å². The molecule has 0 atom stereocenters. The summed E-state index contributed by atoms with van der Waals surface area (Å²) in [6, 6.07) is 10.7. The molecule has 0 unspecified atom stereocenters. The van der Waals surface area contributed by atoms with Crippen LogP contribution in [0.3, 0.4) is 0 Å². The van der Waals surface area contributed by atoms with E-state index in [9.17, 15) is 9.59 Å². The molecule has 0 fully saturated rings. The molecule has 0 aromatic heterocycles. The van der Waals surface area contributed by atoms with Gasteiger partial charge in [-0.05, 0) is 55.0 Å². The molecular formula is C21H22BrClN2O4. The van der Waals surface area contributed by atoms with Crippen molar-refractivity contribution in [2.75, 3.05) is 25.6 Å². The third-order valence-electron chi connectivity index (χ3n) is 3.75. The first-order chi connectivity index (χ1) is 13.9. The molecule has 0 heterocycles. The lowest BCUT2D eigenvalue weighted by atomic mass is 10.2. The van der Waals surface area contributed by atoms with Crippen LogP contribution < -0.4 is 20.1 Å². The second-order valence-electron chi connectivity index (χ2n) is 5.90. The maximum atomic E-state index is 12.0. The average Bonchev–Trinajstić information content (AvgIpc) is 2.70. The lowest BCUT2D eigenvalue weighted by Crippen LogP contribution is -2.26. The molecule has 2 aromatic rings. The molecule has 2 amide bonds. The highest BCUT2D eigenvalue weighted by atomic mass is 79.9. The Morgan fingerprint density at radius 2 is 1.93 bits per heavy atom. The number of benzene rings is 2. The molecule has 6 nitrogen and oxygen atoms in total. The van der Waals surface area contributed by atoms with Crippen LogP contribution in [0.25, 0.3) is 6.08 Å². The van der Waals surface area contributed by atoms with E-state index in [0.29, 0.717) is 34.4 Å². The summed E-state index contributed by atoms with van der Waals surface area (Å²) in [5.74, 6) is 0.462. The van der Waals surface area contributed by atoms with Crippen LogP contribution in [0.2, 0.25) is 5.02 Å². The van der Waals surface area contributed by atoms with Crippen LogP contribution in [0.4, 0.5) is 5.69 Å². The Balaban J connectivity index is 1.84. The van der Waals surface area contributed by atoms with E-state index in [2.05, 4.69) is 26.6 Å². The van der Waals surface area contributed by atoms with E-state index in [4.69, 9.17) is 21.1 Å². The fourth-order valence-corrected chi connectivity index (χ4v) is 2.95. The van der Waals surface area contributed by atoms with Gasteiger partial charge in [0.2, 0.25) is 11.8 Å². The number of hydrogen-bond acceptors (Lipinski definition) is 4. The zero-order valence-corrected chi connectivity index (χ0v) is 18.5. The van der Waals surface area contributed by atoms with E-state index in [1.54, 1.807) is 30.3 Å². The van der Waals surface area contributed by atoms with Crippen molar-refractivity contribution in [3.05, 3.63) is 57.5 Å². The molecule has 2 rings (SSSR count). The predicted molar refractivity (Wildman–Crippen MR) is 119 cm³/mol. The number of anilines is 1. The predicted octanol–water partition coefficient (Wildman–Crippen LogP) is 4.67. The largest absolute Gasteiger partial charge is 0.493 e. The first kappa shape index (κ1) is 22.8. The molecule has 0 aliphatic rings. The summed E-state index contributed by atoms with van der Waals surface area (Å²) in [4.78, 5) is 23.9. The van der Waals surface area contributed by atoms with Crippen LogP contribution in [0, 0.1) is 0 Å². The molecule has 29 heavy (non-hydrogen) atoms. The maximum Gasteiger partial charge on any atom is 0.244 e. The van der Waals surface area contributed by atoms with Crippen LogP contribution in [0.5, 0.6) is 11.5 Å². The second kappa shape index (κ2) is 11.5. The van der Waals surface area contributed by atoms with E-state index in [1.807, 2.05) is 19.1 Å². The summed E-state index contributed by atoms with van der Waals surface area (Å²) in [5.41, 5.74) is 1.39. The molecule has 0 spiro atoms. The molecule has 0 aliphatic carbocycles. The van der Waals surface area contributed by atoms with E-state index in [1.165, 1.54) is 13.2 Å². The zero-order chi connectivity index (χ0) is 21.2. The second-order valence-corrected chi connectivity index (χ2v) is 7.22. The minimum atomic E-state index is -0.314. The van der Waals surface area contributed by atoms with Gasteiger partial charge in [0, 0.05) is 29.2 Å². The number of carbonyl (C=O) groups is 2. The van der Waals surface area contributed by atoms with E-state index in [-0.39, 0.29) is 24.8 Å². The number of rotatable bonds is 9. The molecule has 2 aromatic carbocycles. The van der Waals surface area contributed by atoms with Gasteiger partial charge in [0.05, 0.1) is 18.7 Å². The molecule has 2 N–H and O–H groups in total. The monoisotopic (exact) mass is 480 g/mol. The Labute approximate surface area is 183 Å². The minimum Gasteiger partial charge on any atom is -0.493 e. The number of ether oxygens (including phenoxy) is 2. The van der Waals surface area contributed by atoms with Crippen molar-refractivity contribution in [3.8, 4) is 11.5 Å². The average molecular weight is 482 g/mol. The summed E-state index contributed by atoms with van der Waals surface area (Å²) in [7, 11) is 1.52. The Morgan fingerprint density at radius 1 is 1.21 bits per heavy atom. The number of hydrogen-bond donors (Lipinski definition) is 2. The Morgan fingerprint density at radius 3 is 2.59 bits per heavy atom. The Bertz CT molecular complexity index is 885. The van der Waals surface area contributed by atoms with Gasteiger partial charge in [-0.1, -0.05) is 27.5 Å². The van der Waals surface area contributed by atoms with Gasteiger partial charge in [0.1, 0.15) is 0 Å². The highest BCUT2D eigenvalue weighted by molar-refractivity contribution is 9.10. The molecular weight excluding hydrogens is 460 g/mol. The molecule has 0 radical (unpaired) electrons. The lowest BCUT2D eigenvalue weighted by molar-refractivity contribution is -0.117. The van der Waals surface area contributed by atoms with Gasteiger partial charge in [-0.2, -0.15) is 0 Å². The van der Waals surface area contributed by atoms with Gasteiger partial charge in [-0.25, -0.2) is 0 Å².